The Kier molecular flexibility index (Phi) is 9.46. The third-order valence-corrected chi connectivity index (χ3v) is 7.62. The quantitative estimate of drug-likeness (QED) is 0.120. The number of hydrogen-bond donors (Lipinski definition) is 1. The second kappa shape index (κ2) is 13.0. The van der Waals surface area contributed by atoms with Gasteiger partial charge in [0.05, 0.1) is 17.9 Å². The number of methoxy groups -OCH3 is 1. The molecule has 2 aromatic carbocycles. The number of thiophene rings is 1. The minimum Gasteiger partial charge on any atom is -0.484 e. The van der Waals surface area contributed by atoms with Crippen LogP contribution in [0.1, 0.15) is 16.2 Å². The van der Waals surface area contributed by atoms with E-state index in [0.29, 0.717) is 49.4 Å². The fourth-order valence-corrected chi connectivity index (χ4v) is 5.53. The van der Waals surface area contributed by atoms with Gasteiger partial charge in [-0.15, -0.1) is 28.1 Å². The van der Waals surface area contributed by atoms with Gasteiger partial charge in [-0.2, -0.15) is 0 Å². The number of halogens is 2. The van der Waals surface area contributed by atoms with Crippen LogP contribution in [0.4, 0.5) is 5.00 Å². The maximum atomic E-state index is 12.8. The van der Waals surface area contributed by atoms with E-state index in [0.717, 1.165) is 5.56 Å². The zero-order valence-electron chi connectivity index (χ0n) is 20.1. The number of nitrogens with one attached hydrogen (secondary N) is 1. The lowest BCUT2D eigenvalue weighted by Gasteiger charge is -2.10. The van der Waals surface area contributed by atoms with Crippen LogP contribution in [0.25, 0.3) is 11.1 Å². The summed E-state index contributed by atoms with van der Waals surface area (Å²) < 4.78 is 12.6. The molecule has 2 aromatic heterocycles. The monoisotopic (exact) mass is 588 g/mol. The van der Waals surface area contributed by atoms with Gasteiger partial charge in [-0.25, -0.2) is 4.79 Å². The average Bonchev–Trinajstić information content (AvgIpc) is 3.52. The zero-order valence-corrected chi connectivity index (χ0v) is 23.3. The van der Waals surface area contributed by atoms with Crippen molar-refractivity contribution in [2.45, 2.75) is 18.3 Å². The molecule has 0 atom stereocenters. The molecule has 1 amide bonds. The number of thioether (sulfide) groups is 1. The van der Waals surface area contributed by atoms with Crippen LogP contribution >= 0.6 is 46.3 Å². The number of nitrogens with zero attached hydrogens (tertiary/aromatic N) is 3. The van der Waals surface area contributed by atoms with Crippen LogP contribution in [-0.2, 0) is 22.7 Å². The van der Waals surface area contributed by atoms with Gasteiger partial charge in [0.25, 0.3) is 0 Å². The van der Waals surface area contributed by atoms with Crippen LogP contribution in [0.5, 0.6) is 5.75 Å². The zero-order chi connectivity index (χ0) is 27.1. The smallest absolute Gasteiger partial charge is 0.341 e. The highest BCUT2D eigenvalue weighted by Crippen LogP contribution is 2.36. The molecule has 0 aliphatic carbocycles. The summed E-state index contributed by atoms with van der Waals surface area (Å²) in [5, 5.41) is 14.9. The third kappa shape index (κ3) is 6.57. The van der Waals surface area contributed by atoms with E-state index in [4.69, 9.17) is 32.7 Å². The van der Waals surface area contributed by atoms with Crippen LogP contribution in [0.15, 0.2) is 71.7 Å². The van der Waals surface area contributed by atoms with E-state index < -0.39 is 5.97 Å². The summed E-state index contributed by atoms with van der Waals surface area (Å²) in [7, 11) is 1.31. The molecule has 4 aromatic rings. The molecule has 2 heterocycles. The predicted molar refractivity (Wildman–Crippen MR) is 151 cm³/mol. The first-order chi connectivity index (χ1) is 18.4. The van der Waals surface area contributed by atoms with E-state index in [1.54, 1.807) is 28.8 Å². The molecule has 0 saturated carbocycles. The maximum absolute atomic E-state index is 12.8. The van der Waals surface area contributed by atoms with Crippen LogP contribution in [-0.4, -0.2) is 39.5 Å². The van der Waals surface area contributed by atoms with Crippen molar-refractivity contribution >= 4 is 63.2 Å². The molecule has 0 spiro atoms. The number of anilines is 1. The Balaban J connectivity index is 1.45. The van der Waals surface area contributed by atoms with Gasteiger partial charge in [0, 0.05) is 28.6 Å². The van der Waals surface area contributed by atoms with Crippen molar-refractivity contribution in [2.24, 2.45) is 0 Å². The van der Waals surface area contributed by atoms with Gasteiger partial charge in [-0.3, -0.25) is 9.36 Å². The number of carbonyl (C=O) groups excluding carboxylic acids is 2. The second-order valence-corrected chi connectivity index (χ2v) is 10.4. The van der Waals surface area contributed by atoms with Crippen molar-refractivity contribution in [3.8, 4) is 16.9 Å². The largest absolute Gasteiger partial charge is 0.484 e. The Labute approximate surface area is 237 Å². The topological polar surface area (TPSA) is 95.3 Å². The minimum absolute atomic E-state index is 0.0371. The second-order valence-electron chi connectivity index (χ2n) is 7.71. The van der Waals surface area contributed by atoms with Crippen molar-refractivity contribution in [3.63, 3.8) is 0 Å². The van der Waals surface area contributed by atoms with Gasteiger partial charge in [-0.05, 0) is 17.7 Å². The third-order valence-electron chi connectivity index (χ3n) is 5.21. The summed E-state index contributed by atoms with van der Waals surface area (Å²) in [4.78, 5) is 25.4. The summed E-state index contributed by atoms with van der Waals surface area (Å²) in [6, 6.07) is 14.4. The Morgan fingerprint density at radius 1 is 1.18 bits per heavy atom. The molecule has 12 heteroatoms. The summed E-state index contributed by atoms with van der Waals surface area (Å²) in [6.45, 7) is 4.29. The number of rotatable bonds is 11. The van der Waals surface area contributed by atoms with Crippen LogP contribution in [0, 0.1) is 0 Å². The lowest BCUT2D eigenvalue weighted by molar-refractivity contribution is -0.113. The summed E-state index contributed by atoms with van der Waals surface area (Å²) in [5.74, 6) is 0.160. The SMILES string of the molecule is C=CCn1c(COc2cc(Cl)ccc2Cl)nnc1SCC(=O)Nc1scc(-c2ccccc2)c1C(=O)OC. The highest BCUT2D eigenvalue weighted by atomic mass is 35.5. The van der Waals surface area contributed by atoms with E-state index >= 15 is 0 Å². The molecule has 0 saturated heterocycles. The first-order valence-electron chi connectivity index (χ1n) is 11.2. The molecule has 0 unspecified atom stereocenters. The minimum atomic E-state index is -0.525. The molecule has 8 nitrogen and oxygen atoms in total. The fraction of sp³-hybridized carbons (Fsp3) is 0.154. The highest BCUT2D eigenvalue weighted by Gasteiger charge is 2.23. The molecule has 0 aliphatic heterocycles. The van der Waals surface area contributed by atoms with E-state index in [1.807, 2.05) is 35.7 Å². The maximum Gasteiger partial charge on any atom is 0.341 e. The van der Waals surface area contributed by atoms with Crippen LogP contribution < -0.4 is 10.1 Å². The first-order valence-corrected chi connectivity index (χ1v) is 13.8. The molecule has 1 N–H and O–H groups in total. The Bertz CT molecular complexity index is 1460. The number of amides is 1. The van der Waals surface area contributed by atoms with Crippen molar-refractivity contribution in [1.82, 2.24) is 14.8 Å². The van der Waals surface area contributed by atoms with Gasteiger partial charge in [0.2, 0.25) is 5.91 Å². The number of benzene rings is 2. The standard InChI is InChI=1S/C26H22Cl2N4O4S2/c1-3-11-32-21(13-36-20-12-17(27)9-10-19(20)28)30-31-26(32)38-15-22(33)29-24-23(25(34)35-2)18(14-37-24)16-7-5-4-6-8-16/h3-10,12,14H,1,11,13,15H2,2H3,(H,29,33). The number of ether oxygens (including phenoxy) is 2. The molecule has 0 aliphatic rings. The van der Waals surface area contributed by atoms with Crippen LogP contribution in [0.2, 0.25) is 10.0 Å². The molecular weight excluding hydrogens is 567 g/mol. The fourth-order valence-electron chi connectivity index (χ4n) is 3.45. The van der Waals surface area contributed by atoms with Gasteiger partial charge in [-0.1, -0.05) is 71.4 Å². The molecule has 38 heavy (non-hydrogen) atoms. The number of aromatic nitrogens is 3. The highest BCUT2D eigenvalue weighted by molar-refractivity contribution is 7.99. The van der Waals surface area contributed by atoms with E-state index in [1.165, 1.54) is 30.2 Å². The number of esters is 1. The summed E-state index contributed by atoms with van der Waals surface area (Å²) in [5.41, 5.74) is 1.86. The van der Waals surface area contributed by atoms with E-state index in [-0.39, 0.29) is 18.3 Å². The average molecular weight is 590 g/mol. The Hall–Kier alpha value is -3.31. The lowest BCUT2D eigenvalue weighted by Crippen LogP contribution is -2.16. The molecule has 0 bridgehead atoms. The van der Waals surface area contributed by atoms with E-state index in [2.05, 4.69) is 22.1 Å². The summed E-state index contributed by atoms with van der Waals surface area (Å²) >= 11 is 14.7. The molecule has 0 fully saturated rings. The van der Waals surface area contributed by atoms with Gasteiger partial charge < -0.3 is 14.8 Å². The first kappa shape index (κ1) is 27.7. The molecule has 196 valence electrons. The van der Waals surface area contributed by atoms with Crippen molar-refractivity contribution in [2.75, 3.05) is 18.2 Å². The number of carbonyl (C=O) groups is 2. The molecular formula is C26H22Cl2N4O4S2. The lowest BCUT2D eigenvalue weighted by atomic mass is 10.0. The number of allylic oxidation sites excluding steroid dienone is 1. The predicted octanol–water partition coefficient (Wildman–Crippen LogP) is 6.60. The normalized spacial score (nSPS) is 10.7. The van der Waals surface area contributed by atoms with Crippen molar-refractivity contribution in [3.05, 3.63) is 88.0 Å². The van der Waals surface area contributed by atoms with Crippen molar-refractivity contribution in [1.29, 1.82) is 0 Å². The number of hydrogen-bond acceptors (Lipinski definition) is 8. The Morgan fingerprint density at radius 3 is 2.71 bits per heavy atom. The van der Waals surface area contributed by atoms with Crippen molar-refractivity contribution < 1.29 is 19.1 Å². The van der Waals surface area contributed by atoms with E-state index in [9.17, 15) is 9.59 Å². The van der Waals surface area contributed by atoms with Crippen LogP contribution in [0.3, 0.4) is 0 Å². The van der Waals surface area contributed by atoms with Gasteiger partial charge in [0.1, 0.15) is 22.9 Å². The van der Waals surface area contributed by atoms with Gasteiger partial charge >= 0.3 is 5.97 Å². The van der Waals surface area contributed by atoms with Gasteiger partial charge in [0.15, 0.2) is 11.0 Å². The molecule has 4 rings (SSSR count). The molecule has 0 radical (unpaired) electrons. The Morgan fingerprint density at radius 2 is 1.97 bits per heavy atom. The summed E-state index contributed by atoms with van der Waals surface area (Å²) in [6.07, 6.45) is 1.70.